The number of benzene rings is 2. The van der Waals surface area contributed by atoms with Gasteiger partial charge >= 0.3 is 5.97 Å². The average molecular weight is 398 g/mol. The molecule has 1 aromatic heterocycles. The van der Waals surface area contributed by atoms with Crippen molar-refractivity contribution in [2.45, 2.75) is 13.0 Å². The van der Waals surface area contributed by atoms with E-state index in [0.29, 0.717) is 21.7 Å². The van der Waals surface area contributed by atoms with E-state index in [1.54, 1.807) is 36.8 Å². The van der Waals surface area contributed by atoms with Crippen molar-refractivity contribution >= 4 is 44.9 Å². The summed E-state index contributed by atoms with van der Waals surface area (Å²) in [6, 6.07) is 12.0. The van der Waals surface area contributed by atoms with Gasteiger partial charge in [0.15, 0.2) is 6.10 Å². The third kappa shape index (κ3) is 3.81. The van der Waals surface area contributed by atoms with E-state index in [9.17, 15) is 14.4 Å². The Bertz CT molecular complexity index is 1060. The van der Waals surface area contributed by atoms with Gasteiger partial charge in [0, 0.05) is 5.39 Å². The standard InChI is InChI=1S/C20H18N2O5S/c1-11(18(24)22-19-15(17(21)23)9-10-28-19)27-20(25)14-7-8-16(26-2)13-6-4-3-5-12(13)14/h3-11H,1-2H3,(H2,21,23)(H,22,24)/t11-/m0/s1. The van der Waals surface area contributed by atoms with Gasteiger partial charge in [-0.3, -0.25) is 9.59 Å². The molecule has 2 aromatic carbocycles. The molecule has 3 N–H and O–H groups in total. The lowest BCUT2D eigenvalue weighted by Gasteiger charge is -2.15. The van der Waals surface area contributed by atoms with E-state index in [1.807, 2.05) is 12.1 Å². The Morgan fingerprint density at radius 1 is 1.04 bits per heavy atom. The van der Waals surface area contributed by atoms with Crippen LogP contribution >= 0.6 is 11.3 Å². The first-order chi connectivity index (χ1) is 13.4. The summed E-state index contributed by atoms with van der Waals surface area (Å²) in [7, 11) is 1.55. The number of nitrogens with one attached hydrogen (secondary N) is 1. The number of carbonyl (C=O) groups excluding carboxylic acids is 3. The minimum absolute atomic E-state index is 0.207. The predicted molar refractivity (Wildman–Crippen MR) is 107 cm³/mol. The SMILES string of the molecule is COc1ccc(C(=O)O[C@@H](C)C(=O)Nc2sccc2C(N)=O)c2ccccc12. The molecule has 144 valence electrons. The average Bonchev–Trinajstić information content (AvgIpc) is 3.15. The highest BCUT2D eigenvalue weighted by Crippen LogP contribution is 2.29. The fourth-order valence-corrected chi connectivity index (χ4v) is 3.51. The van der Waals surface area contributed by atoms with Gasteiger partial charge in [0.1, 0.15) is 10.8 Å². The van der Waals surface area contributed by atoms with Gasteiger partial charge in [-0.05, 0) is 35.9 Å². The van der Waals surface area contributed by atoms with Crippen molar-refractivity contribution in [1.82, 2.24) is 0 Å². The van der Waals surface area contributed by atoms with Gasteiger partial charge in [-0.25, -0.2) is 4.79 Å². The first-order valence-electron chi connectivity index (χ1n) is 8.37. The van der Waals surface area contributed by atoms with Crippen molar-refractivity contribution in [3.63, 3.8) is 0 Å². The van der Waals surface area contributed by atoms with Crippen LogP contribution < -0.4 is 15.8 Å². The maximum absolute atomic E-state index is 12.6. The van der Waals surface area contributed by atoms with Crippen LogP contribution in [0.1, 0.15) is 27.6 Å². The first kappa shape index (κ1) is 19.4. The van der Waals surface area contributed by atoms with Gasteiger partial charge in [0.05, 0.1) is 18.2 Å². The number of primary amides is 1. The van der Waals surface area contributed by atoms with Crippen LogP contribution in [0.5, 0.6) is 5.75 Å². The van der Waals surface area contributed by atoms with Crippen molar-refractivity contribution in [2.75, 3.05) is 12.4 Å². The second-order valence-corrected chi connectivity index (χ2v) is 6.84. The van der Waals surface area contributed by atoms with E-state index in [0.717, 1.165) is 16.7 Å². The molecule has 0 saturated carbocycles. The van der Waals surface area contributed by atoms with E-state index >= 15 is 0 Å². The second kappa shape index (κ2) is 8.10. The molecule has 3 aromatic rings. The van der Waals surface area contributed by atoms with E-state index in [2.05, 4.69) is 5.32 Å². The molecule has 0 bridgehead atoms. The lowest BCUT2D eigenvalue weighted by molar-refractivity contribution is -0.123. The molecule has 0 spiro atoms. The molecule has 0 aliphatic rings. The third-order valence-electron chi connectivity index (χ3n) is 4.14. The maximum Gasteiger partial charge on any atom is 0.339 e. The zero-order valence-electron chi connectivity index (χ0n) is 15.2. The number of anilines is 1. The Balaban J connectivity index is 1.77. The van der Waals surface area contributed by atoms with E-state index in [4.69, 9.17) is 15.2 Å². The van der Waals surface area contributed by atoms with Crippen LogP contribution in [-0.2, 0) is 9.53 Å². The topological polar surface area (TPSA) is 108 Å². The van der Waals surface area contributed by atoms with Crippen LogP contribution in [0.15, 0.2) is 47.8 Å². The molecule has 7 nitrogen and oxygen atoms in total. The number of amides is 2. The summed E-state index contributed by atoms with van der Waals surface area (Å²) in [5.74, 6) is -1.21. The van der Waals surface area contributed by atoms with Gasteiger partial charge in [0.25, 0.3) is 11.8 Å². The Morgan fingerprint density at radius 3 is 2.43 bits per heavy atom. The molecule has 28 heavy (non-hydrogen) atoms. The minimum Gasteiger partial charge on any atom is -0.496 e. The summed E-state index contributed by atoms with van der Waals surface area (Å²) >= 11 is 1.16. The van der Waals surface area contributed by atoms with Crippen LogP contribution in [0.4, 0.5) is 5.00 Å². The summed E-state index contributed by atoms with van der Waals surface area (Å²) in [5, 5.41) is 5.94. The molecule has 0 radical (unpaired) electrons. The lowest BCUT2D eigenvalue weighted by Crippen LogP contribution is -2.30. The number of methoxy groups -OCH3 is 1. The summed E-state index contributed by atoms with van der Waals surface area (Å²) in [6.45, 7) is 1.45. The van der Waals surface area contributed by atoms with Crippen LogP contribution in [-0.4, -0.2) is 31.0 Å². The molecule has 0 fully saturated rings. The van der Waals surface area contributed by atoms with Crippen LogP contribution in [0.3, 0.4) is 0 Å². The highest BCUT2D eigenvalue weighted by Gasteiger charge is 2.22. The number of thiophene rings is 1. The Labute approximate surface area is 165 Å². The number of carbonyl (C=O) groups is 3. The number of ether oxygens (including phenoxy) is 2. The minimum atomic E-state index is -1.07. The summed E-state index contributed by atoms with van der Waals surface area (Å²) < 4.78 is 10.6. The zero-order chi connectivity index (χ0) is 20.3. The van der Waals surface area contributed by atoms with Gasteiger partial charge in [-0.15, -0.1) is 11.3 Å². The molecule has 1 atom stereocenters. The largest absolute Gasteiger partial charge is 0.496 e. The zero-order valence-corrected chi connectivity index (χ0v) is 16.0. The lowest BCUT2D eigenvalue weighted by atomic mass is 10.0. The Kier molecular flexibility index (Phi) is 5.60. The fourth-order valence-electron chi connectivity index (χ4n) is 2.72. The number of rotatable bonds is 6. The van der Waals surface area contributed by atoms with Gasteiger partial charge < -0.3 is 20.5 Å². The summed E-state index contributed by atoms with van der Waals surface area (Å²) in [5.41, 5.74) is 5.80. The molecule has 0 unspecified atom stereocenters. The number of hydrogen-bond acceptors (Lipinski definition) is 6. The smallest absolute Gasteiger partial charge is 0.339 e. The first-order valence-corrected chi connectivity index (χ1v) is 9.25. The predicted octanol–water partition coefficient (Wildman–Crippen LogP) is 3.19. The number of esters is 1. The van der Waals surface area contributed by atoms with E-state index < -0.39 is 23.9 Å². The van der Waals surface area contributed by atoms with Crippen LogP contribution in [0.2, 0.25) is 0 Å². The van der Waals surface area contributed by atoms with E-state index in [1.165, 1.54) is 13.0 Å². The normalized spacial score (nSPS) is 11.6. The number of hydrogen-bond donors (Lipinski definition) is 2. The maximum atomic E-state index is 12.6. The molecule has 0 aliphatic carbocycles. The van der Waals surface area contributed by atoms with Crippen molar-refractivity contribution in [1.29, 1.82) is 0 Å². The molecule has 1 heterocycles. The van der Waals surface area contributed by atoms with Gasteiger partial charge in [-0.1, -0.05) is 24.3 Å². The second-order valence-electron chi connectivity index (χ2n) is 5.93. The van der Waals surface area contributed by atoms with Gasteiger partial charge in [0.2, 0.25) is 0 Å². The monoisotopic (exact) mass is 398 g/mol. The fraction of sp³-hybridized carbons (Fsp3) is 0.150. The van der Waals surface area contributed by atoms with Gasteiger partial charge in [-0.2, -0.15) is 0 Å². The highest BCUT2D eigenvalue weighted by molar-refractivity contribution is 7.14. The number of nitrogens with two attached hydrogens (primary N) is 1. The molecule has 0 saturated heterocycles. The highest BCUT2D eigenvalue weighted by atomic mass is 32.1. The van der Waals surface area contributed by atoms with Crippen molar-refractivity contribution < 1.29 is 23.9 Å². The number of fused-ring (bicyclic) bond motifs is 1. The van der Waals surface area contributed by atoms with Crippen molar-refractivity contribution in [3.8, 4) is 5.75 Å². The molecular formula is C20H18N2O5S. The summed E-state index contributed by atoms with van der Waals surface area (Å²) in [4.78, 5) is 36.4. The Morgan fingerprint density at radius 2 is 1.75 bits per heavy atom. The Hall–Kier alpha value is -3.39. The molecule has 2 amide bonds. The quantitative estimate of drug-likeness (QED) is 0.620. The van der Waals surface area contributed by atoms with Crippen molar-refractivity contribution in [2.24, 2.45) is 5.73 Å². The van der Waals surface area contributed by atoms with Crippen LogP contribution in [0.25, 0.3) is 10.8 Å². The molecular weight excluding hydrogens is 380 g/mol. The van der Waals surface area contributed by atoms with Crippen LogP contribution in [0, 0.1) is 0 Å². The van der Waals surface area contributed by atoms with E-state index in [-0.39, 0.29) is 5.56 Å². The molecule has 0 aliphatic heterocycles. The summed E-state index contributed by atoms with van der Waals surface area (Å²) in [6.07, 6.45) is -1.07. The third-order valence-corrected chi connectivity index (χ3v) is 4.97. The molecule has 3 rings (SSSR count). The molecule has 8 heteroatoms. The van der Waals surface area contributed by atoms with Crippen molar-refractivity contribution in [3.05, 3.63) is 59.0 Å².